The zero-order valence-electron chi connectivity index (χ0n) is 14.8. The van der Waals surface area contributed by atoms with Crippen molar-refractivity contribution in [2.24, 2.45) is 0 Å². The number of nitrogens with zero attached hydrogens (tertiary/aromatic N) is 1. The van der Waals surface area contributed by atoms with E-state index in [-0.39, 0.29) is 18.3 Å². The van der Waals surface area contributed by atoms with Crippen molar-refractivity contribution in [3.63, 3.8) is 0 Å². The highest BCUT2D eigenvalue weighted by Crippen LogP contribution is 2.21. The first kappa shape index (κ1) is 20.0. The van der Waals surface area contributed by atoms with Gasteiger partial charge in [-0.05, 0) is 51.3 Å². The first-order chi connectivity index (χ1) is 11.6. The summed E-state index contributed by atoms with van der Waals surface area (Å²) in [6.07, 6.45) is 1.18. The van der Waals surface area contributed by atoms with E-state index in [1.807, 2.05) is 20.8 Å². The van der Waals surface area contributed by atoms with Gasteiger partial charge in [-0.1, -0.05) is 23.7 Å². The summed E-state index contributed by atoms with van der Waals surface area (Å²) < 4.78 is 32.6. The second kappa shape index (κ2) is 7.93. The van der Waals surface area contributed by atoms with Crippen molar-refractivity contribution in [3.8, 4) is 0 Å². The van der Waals surface area contributed by atoms with Crippen LogP contribution in [0.3, 0.4) is 0 Å². The van der Waals surface area contributed by atoms with Gasteiger partial charge >= 0.3 is 6.09 Å². The van der Waals surface area contributed by atoms with E-state index < -0.39 is 21.7 Å². The predicted molar refractivity (Wildman–Crippen MR) is 98.0 cm³/mol. The molecule has 140 valence electrons. The zero-order chi connectivity index (χ0) is 18.7. The number of ether oxygens (including phenoxy) is 1. The molecule has 0 saturated carbocycles. The minimum Gasteiger partial charge on any atom is -0.444 e. The molecule has 2 rings (SSSR count). The third-order valence-corrected chi connectivity index (χ3v) is 5.34. The fraction of sp³-hybridized carbons (Fsp3) is 0.588. The Morgan fingerprint density at radius 1 is 1.40 bits per heavy atom. The third-order valence-electron chi connectivity index (χ3n) is 3.79. The molecular formula is C17H25ClN2O4S. The average molecular weight is 389 g/mol. The first-order valence-corrected chi connectivity index (χ1v) is 10.3. The summed E-state index contributed by atoms with van der Waals surface area (Å²) in [5.74, 6) is -0.146. The summed E-state index contributed by atoms with van der Waals surface area (Å²) in [4.78, 5) is 13.8. The van der Waals surface area contributed by atoms with Gasteiger partial charge in [0.05, 0.1) is 5.75 Å². The minimum absolute atomic E-state index is 0.146. The number of benzene rings is 1. The van der Waals surface area contributed by atoms with E-state index in [0.717, 1.165) is 12.8 Å². The van der Waals surface area contributed by atoms with Crippen LogP contribution in [0, 0.1) is 0 Å². The lowest BCUT2D eigenvalue weighted by atomic mass is 10.2. The van der Waals surface area contributed by atoms with E-state index in [0.29, 0.717) is 17.1 Å². The fourth-order valence-electron chi connectivity index (χ4n) is 2.73. The number of sulfonamides is 1. The Hall–Kier alpha value is -1.31. The molecule has 0 radical (unpaired) electrons. The van der Waals surface area contributed by atoms with Gasteiger partial charge in [0.25, 0.3) is 0 Å². The topological polar surface area (TPSA) is 75.7 Å². The largest absolute Gasteiger partial charge is 0.444 e. The molecule has 1 N–H and O–H groups in total. The summed E-state index contributed by atoms with van der Waals surface area (Å²) in [6, 6.07) is 6.57. The van der Waals surface area contributed by atoms with Gasteiger partial charge in [0.2, 0.25) is 10.0 Å². The summed E-state index contributed by atoms with van der Waals surface area (Å²) in [7, 11) is -3.51. The molecular weight excluding hydrogens is 364 g/mol. The van der Waals surface area contributed by atoms with Crippen LogP contribution in [0.15, 0.2) is 24.3 Å². The SMILES string of the molecule is CC(C)(C)OC(=O)N1CCCC1CNS(=O)(=O)Cc1cccc(Cl)c1. The lowest BCUT2D eigenvalue weighted by Gasteiger charge is -2.28. The Morgan fingerprint density at radius 2 is 2.12 bits per heavy atom. The zero-order valence-corrected chi connectivity index (χ0v) is 16.4. The maximum absolute atomic E-state index is 12.3. The van der Waals surface area contributed by atoms with Gasteiger partial charge in [-0.25, -0.2) is 17.9 Å². The van der Waals surface area contributed by atoms with Gasteiger partial charge in [0.1, 0.15) is 5.60 Å². The Kier molecular flexibility index (Phi) is 6.35. The van der Waals surface area contributed by atoms with Gasteiger partial charge < -0.3 is 9.64 Å². The molecule has 1 aliphatic rings. The molecule has 1 aromatic rings. The second-order valence-electron chi connectivity index (χ2n) is 7.21. The lowest BCUT2D eigenvalue weighted by Crippen LogP contribution is -2.45. The highest BCUT2D eigenvalue weighted by atomic mass is 35.5. The van der Waals surface area contributed by atoms with Crippen LogP contribution < -0.4 is 4.72 Å². The number of nitrogens with one attached hydrogen (secondary N) is 1. The van der Waals surface area contributed by atoms with E-state index in [9.17, 15) is 13.2 Å². The molecule has 0 spiro atoms. The van der Waals surface area contributed by atoms with E-state index in [2.05, 4.69) is 4.72 Å². The second-order valence-corrected chi connectivity index (χ2v) is 9.45. The van der Waals surface area contributed by atoms with Crippen LogP contribution in [0.5, 0.6) is 0 Å². The molecule has 1 fully saturated rings. The molecule has 1 aromatic carbocycles. The Labute approximate surface area is 154 Å². The van der Waals surface area contributed by atoms with Crippen LogP contribution >= 0.6 is 11.6 Å². The van der Waals surface area contributed by atoms with Gasteiger partial charge in [-0.3, -0.25) is 0 Å². The fourth-order valence-corrected chi connectivity index (χ4v) is 4.11. The van der Waals surface area contributed by atoms with Gasteiger partial charge in [-0.15, -0.1) is 0 Å². The number of amides is 1. The molecule has 1 saturated heterocycles. The van der Waals surface area contributed by atoms with Crippen LogP contribution in [-0.2, 0) is 20.5 Å². The first-order valence-electron chi connectivity index (χ1n) is 8.27. The Bertz CT molecular complexity index is 716. The molecule has 6 nitrogen and oxygen atoms in total. The minimum atomic E-state index is -3.51. The molecule has 1 heterocycles. The average Bonchev–Trinajstić information content (AvgIpc) is 2.91. The molecule has 0 aliphatic carbocycles. The van der Waals surface area contributed by atoms with Crippen molar-refractivity contribution in [1.29, 1.82) is 0 Å². The molecule has 25 heavy (non-hydrogen) atoms. The number of carbonyl (C=O) groups excluding carboxylic acids is 1. The number of carbonyl (C=O) groups is 1. The quantitative estimate of drug-likeness (QED) is 0.840. The predicted octanol–water partition coefficient (Wildman–Crippen LogP) is 3.16. The number of rotatable bonds is 5. The van der Waals surface area contributed by atoms with Crippen molar-refractivity contribution < 1.29 is 17.9 Å². The molecule has 1 unspecified atom stereocenters. The Balaban J connectivity index is 1.93. The summed E-state index contributed by atoms with van der Waals surface area (Å²) in [6.45, 7) is 6.19. The van der Waals surface area contributed by atoms with Crippen LogP contribution in [0.25, 0.3) is 0 Å². The van der Waals surface area contributed by atoms with E-state index in [1.54, 1.807) is 29.2 Å². The van der Waals surface area contributed by atoms with Crippen molar-refractivity contribution in [3.05, 3.63) is 34.9 Å². The highest BCUT2D eigenvalue weighted by molar-refractivity contribution is 7.88. The monoisotopic (exact) mass is 388 g/mol. The van der Waals surface area contributed by atoms with Gasteiger partial charge in [0, 0.05) is 24.2 Å². The lowest BCUT2D eigenvalue weighted by molar-refractivity contribution is 0.0229. The maximum atomic E-state index is 12.3. The molecule has 1 amide bonds. The van der Waals surface area contributed by atoms with Gasteiger partial charge in [-0.2, -0.15) is 0 Å². The molecule has 1 aliphatic heterocycles. The number of hydrogen-bond donors (Lipinski definition) is 1. The smallest absolute Gasteiger partial charge is 0.410 e. The summed E-state index contributed by atoms with van der Waals surface area (Å²) >= 11 is 5.89. The van der Waals surface area contributed by atoms with Crippen LogP contribution in [-0.4, -0.2) is 44.1 Å². The Morgan fingerprint density at radius 3 is 2.76 bits per heavy atom. The van der Waals surface area contributed by atoms with Gasteiger partial charge in [0.15, 0.2) is 0 Å². The van der Waals surface area contributed by atoms with E-state index in [4.69, 9.17) is 16.3 Å². The standard InChI is InChI=1S/C17H25ClN2O4S/c1-17(2,3)24-16(21)20-9-5-8-15(20)11-19-25(22,23)12-13-6-4-7-14(18)10-13/h4,6-7,10,15,19H,5,8-9,11-12H2,1-3H3. The third kappa shape index (κ3) is 6.49. The number of halogens is 1. The van der Waals surface area contributed by atoms with Crippen LogP contribution in [0.2, 0.25) is 5.02 Å². The van der Waals surface area contributed by atoms with Crippen molar-refractivity contribution in [1.82, 2.24) is 9.62 Å². The summed E-state index contributed by atoms with van der Waals surface area (Å²) in [5, 5.41) is 0.500. The number of likely N-dealkylation sites (tertiary alicyclic amines) is 1. The van der Waals surface area contributed by atoms with Crippen molar-refractivity contribution in [2.75, 3.05) is 13.1 Å². The van der Waals surface area contributed by atoms with Crippen LogP contribution in [0.4, 0.5) is 4.79 Å². The van der Waals surface area contributed by atoms with Crippen molar-refractivity contribution >= 4 is 27.7 Å². The molecule has 8 heteroatoms. The number of hydrogen-bond acceptors (Lipinski definition) is 4. The molecule has 0 aromatic heterocycles. The molecule has 1 atom stereocenters. The van der Waals surface area contributed by atoms with Crippen LogP contribution in [0.1, 0.15) is 39.2 Å². The van der Waals surface area contributed by atoms with E-state index in [1.165, 1.54) is 0 Å². The highest BCUT2D eigenvalue weighted by Gasteiger charge is 2.32. The summed E-state index contributed by atoms with van der Waals surface area (Å²) in [5.41, 5.74) is 0.0477. The normalized spacial score (nSPS) is 18.4. The maximum Gasteiger partial charge on any atom is 0.410 e. The molecule has 0 bridgehead atoms. The van der Waals surface area contributed by atoms with E-state index >= 15 is 0 Å². The van der Waals surface area contributed by atoms with Crippen molar-refractivity contribution in [2.45, 2.75) is 51.0 Å².